The van der Waals surface area contributed by atoms with Gasteiger partial charge < -0.3 is 10.9 Å². The van der Waals surface area contributed by atoms with Gasteiger partial charge in [0.1, 0.15) is 0 Å². The number of hydrogen-bond donors (Lipinski definition) is 2. The Bertz CT molecular complexity index is 298. The van der Waals surface area contributed by atoms with E-state index >= 15 is 0 Å². The van der Waals surface area contributed by atoms with Crippen molar-refractivity contribution in [1.29, 1.82) is 0 Å². The van der Waals surface area contributed by atoms with Crippen LogP contribution in [0.5, 0.6) is 0 Å². The van der Waals surface area contributed by atoms with Gasteiger partial charge in [-0.1, -0.05) is 22.3 Å². The standard InChI is InChI=1S/C9H12N2O/c1-6-3-7(2)5-8(4-6)9(10)11-12/h3-5,12H,1-2H3,(H2,10,11). The van der Waals surface area contributed by atoms with Crippen LogP contribution in [-0.4, -0.2) is 11.0 Å². The molecule has 0 amide bonds. The van der Waals surface area contributed by atoms with Crippen molar-refractivity contribution < 1.29 is 5.21 Å². The highest BCUT2D eigenvalue weighted by molar-refractivity contribution is 5.97. The number of rotatable bonds is 1. The summed E-state index contributed by atoms with van der Waals surface area (Å²) in [5.74, 6) is 0.154. The first-order valence-electron chi connectivity index (χ1n) is 3.69. The minimum atomic E-state index is 0.154. The number of aryl methyl sites for hydroxylation is 2. The first kappa shape index (κ1) is 8.59. The molecule has 3 N–H and O–H groups in total. The number of hydrogen-bond acceptors (Lipinski definition) is 2. The van der Waals surface area contributed by atoms with Crippen LogP contribution in [0.1, 0.15) is 16.7 Å². The van der Waals surface area contributed by atoms with Crippen LogP contribution in [0.15, 0.2) is 23.4 Å². The third kappa shape index (κ3) is 1.75. The summed E-state index contributed by atoms with van der Waals surface area (Å²) < 4.78 is 0. The zero-order valence-corrected chi connectivity index (χ0v) is 7.20. The van der Waals surface area contributed by atoms with Crippen molar-refractivity contribution in [2.75, 3.05) is 0 Å². The van der Waals surface area contributed by atoms with E-state index < -0.39 is 0 Å². The fourth-order valence-corrected chi connectivity index (χ4v) is 1.18. The summed E-state index contributed by atoms with van der Waals surface area (Å²) in [7, 11) is 0. The molecule has 0 aliphatic heterocycles. The zero-order chi connectivity index (χ0) is 9.14. The van der Waals surface area contributed by atoms with Gasteiger partial charge in [-0.3, -0.25) is 0 Å². The molecule has 0 saturated carbocycles. The van der Waals surface area contributed by atoms with Gasteiger partial charge in [0.05, 0.1) is 0 Å². The van der Waals surface area contributed by atoms with E-state index in [-0.39, 0.29) is 5.84 Å². The van der Waals surface area contributed by atoms with Crippen molar-refractivity contribution in [2.45, 2.75) is 13.8 Å². The van der Waals surface area contributed by atoms with E-state index in [1.807, 2.05) is 32.0 Å². The van der Waals surface area contributed by atoms with E-state index in [0.29, 0.717) is 0 Å². The molecular weight excluding hydrogens is 152 g/mol. The van der Waals surface area contributed by atoms with Crippen LogP contribution in [0.25, 0.3) is 0 Å². The minimum absolute atomic E-state index is 0.154. The van der Waals surface area contributed by atoms with Crippen LogP contribution in [0, 0.1) is 13.8 Å². The molecule has 0 fully saturated rings. The van der Waals surface area contributed by atoms with E-state index in [4.69, 9.17) is 10.9 Å². The van der Waals surface area contributed by atoms with Gasteiger partial charge in [0.25, 0.3) is 0 Å². The van der Waals surface area contributed by atoms with Crippen LogP contribution in [0.4, 0.5) is 0 Å². The Kier molecular flexibility index (Phi) is 2.33. The molecule has 1 aromatic carbocycles. The molecule has 0 spiro atoms. The maximum atomic E-state index is 8.43. The second-order valence-electron chi connectivity index (χ2n) is 2.86. The predicted molar refractivity (Wildman–Crippen MR) is 48.4 cm³/mol. The van der Waals surface area contributed by atoms with Gasteiger partial charge in [-0.05, 0) is 26.0 Å². The summed E-state index contributed by atoms with van der Waals surface area (Å²) in [4.78, 5) is 0. The summed E-state index contributed by atoms with van der Waals surface area (Å²) in [5, 5.41) is 11.4. The molecule has 0 heterocycles. The van der Waals surface area contributed by atoms with Gasteiger partial charge in [-0.25, -0.2) is 0 Å². The monoisotopic (exact) mass is 164 g/mol. The molecule has 0 unspecified atom stereocenters. The first-order chi connectivity index (χ1) is 5.63. The molecule has 0 aliphatic rings. The quantitative estimate of drug-likeness (QED) is 0.285. The molecule has 1 rings (SSSR count). The van der Waals surface area contributed by atoms with E-state index in [1.165, 1.54) is 0 Å². The Balaban J connectivity index is 3.17. The second-order valence-corrected chi connectivity index (χ2v) is 2.86. The van der Waals surface area contributed by atoms with Crippen molar-refractivity contribution in [3.63, 3.8) is 0 Å². The van der Waals surface area contributed by atoms with Crippen LogP contribution in [0.3, 0.4) is 0 Å². The summed E-state index contributed by atoms with van der Waals surface area (Å²) >= 11 is 0. The molecule has 3 heteroatoms. The van der Waals surface area contributed by atoms with Gasteiger partial charge in [0.2, 0.25) is 0 Å². The molecule has 3 nitrogen and oxygen atoms in total. The molecule has 1 aromatic rings. The van der Waals surface area contributed by atoms with Crippen molar-refractivity contribution in [3.8, 4) is 0 Å². The predicted octanol–water partition coefficient (Wildman–Crippen LogP) is 1.40. The Morgan fingerprint density at radius 3 is 2.17 bits per heavy atom. The largest absolute Gasteiger partial charge is 0.409 e. The molecule has 0 radical (unpaired) electrons. The Morgan fingerprint density at radius 1 is 1.25 bits per heavy atom. The number of oxime groups is 1. The smallest absolute Gasteiger partial charge is 0.170 e. The number of benzene rings is 1. The van der Waals surface area contributed by atoms with Crippen molar-refractivity contribution in [2.24, 2.45) is 10.9 Å². The Morgan fingerprint density at radius 2 is 1.75 bits per heavy atom. The molecule has 0 bridgehead atoms. The molecule has 0 aliphatic carbocycles. The topological polar surface area (TPSA) is 58.6 Å². The molecule has 0 atom stereocenters. The molecule has 12 heavy (non-hydrogen) atoms. The summed E-state index contributed by atoms with van der Waals surface area (Å²) in [6.07, 6.45) is 0. The fraction of sp³-hybridized carbons (Fsp3) is 0.222. The number of amidine groups is 1. The molecule has 64 valence electrons. The fourth-order valence-electron chi connectivity index (χ4n) is 1.18. The highest BCUT2D eigenvalue weighted by atomic mass is 16.4. The van der Waals surface area contributed by atoms with Crippen molar-refractivity contribution >= 4 is 5.84 Å². The van der Waals surface area contributed by atoms with Crippen LogP contribution in [0.2, 0.25) is 0 Å². The number of nitrogens with zero attached hydrogens (tertiary/aromatic N) is 1. The van der Waals surface area contributed by atoms with Crippen LogP contribution >= 0.6 is 0 Å². The van der Waals surface area contributed by atoms with Crippen LogP contribution in [-0.2, 0) is 0 Å². The SMILES string of the molecule is Cc1cc(C)cc(C(N)=NO)c1. The lowest BCUT2D eigenvalue weighted by Crippen LogP contribution is -2.13. The first-order valence-corrected chi connectivity index (χ1v) is 3.69. The maximum absolute atomic E-state index is 8.43. The molecular formula is C9H12N2O. The van der Waals surface area contributed by atoms with E-state index in [0.717, 1.165) is 16.7 Å². The molecule has 0 aromatic heterocycles. The summed E-state index contributed by atoms with van der Waals surface area (Å²) in [5.41, 5.74) is 8.41. The average Bonchev–Trinajstić information content (AvgIpc) is 2.01. The second kappa shape index (κ2) is 3.26. The zero-order valence-electron chi connectivity index (χ0n) is 7.20. The lowest BCUT2D eigenvalue weighted by Gasteiger charge is -2.01. The Hall–Kier alpha value is -1.51. The third-order valence-electron chi connectivity index (χ3n) is 1.63. The Labute approximate surface area is 71.5 Å². The van der Waals surface area contributed by atoms with E-state index in [9.17, 15) is 0 Å². The lowest BCUT2D eigenvalue weighted by atomic mass is 10.1. The highest BCUT2D eigenvalue weighted by Gasteiger charge is 1.99. The third-order valence-corrected chi connectivity index (χ3v) is 1.63. The van der Waals surface area contributed by atoms with Gasteiger partial charge in [0.15, 0.2) is 5.84 Å². The lowest BCUT2D eigenvalue weighted by molar-refractivity contribution is 0.318. The van der Waals surface area contributed by atoms with E-state index in [1.54, 1.807) is 0 Å². The van der Waals surface area contributed by atoms with Crippen molar-refractivity contribution in [3.05, 3.63) is 34.9 Å². The van der Waals surface area contributed by atoms with Gasteiger partial charge in [-0.15, -0.1) is 0 Å². The van der Waals surface area contributed by atoms with Crippen LogP contribution < -0.4 is 5.73 Å². The summed E-state index contributed by atoms with van der Waals surface area (Å²) in [6.45, 7) is 3.95. The maximum Gasteiger partial charge on any atom is 0.170 e. The average molecular weight is 164 g/mol. The molecule has 0 saturated heterocycles. The minimum Gasteiger partial charge on any atom is -0.409 e. The van der Waals surface area contributed by atoms with E-state index in [2.05, 4.69) is 5.16 Å². The van der Waals surface area contributed by atoms with Gasteiger partial charge in [-0.2, -0.15) is 0 Å². The highest BCUT2D eigenvalue weighted by Crippen LogP contribution is 2.07. The van der Waals surface area contributed by atoms with Gasteiger partial charge in [0, 0.05) is 5.56 Å². The normalized spacial score (nSPS) is 11.7. The van der Waals surface area contributed by atoms with Crippen molar-refractivity contribution in [1.82, 2.24) is 0 Å². The summed E-state index contributed by atoms with van der Waals surface area (Å²) in [6, 6.07) is 5.79. The number of nitrogens with two attached hydrogens (primary N) is 1. The van der Waals surface area contributed by atoms with Gasteiger partial charge >= 0.3 is 0 Å².